The summed E-state index contributed by atoms with van der Waals surface area (Å²) < 4.78 is 5.65. The fraction of sp³-hybridized carbons (Fsp3) is 0.0714. The van der Waals surface area contributed by atoms with Crippen molar-refractivity contribution in [3.8, 4) is 5.75 Å². The van der Waals surface area contributed by atoms with E-state index in [0.29, 0.717) is 16.3 Å². The summed E-state index contributed by atoms with van der Waals surface area (Å²) in [6, 6.07) is 14.4. The average molecular weight is 245 g/mol. The number of fused-ring (bicyclic) bond motifs is 1. The Morgan fingerprint density at radius 3 is 2.41 bits per heavy atom. The Morgan fingerprint density at radius 1 is 1.00 bits per heavy atom. The Kier molecular flexibility index (Phi) is 2.37. The highest BCUT2D eigenvalue weighted by atomic mass is 35.5. The molecule has 0 spiro atoms. The van der Waals surface area contributed by atoms with Gasteiger partial charge in [0, 0.05) is 10.6 Å². The first-order valence-electron chi connectivity index (χ1n) is 5.31. The van der Waals surface area contributed by atoms with E-state index in [-0.39, 0.29) is 5.78 Å². The second-order valence-electron chi connectivity index (χ2n) is 3.91. The number of ketones is 1. The van der Waals surface area contributed by atoms with Crippen LogP contribution in [0, 0.1) is 0 Å². The molecule has 0 bridgehead atoms. The van der Waals surface area contributed by atoms with Crippen LogP contribution >= 0.6 is 11.6 Å². The molecule has 1 heterocycles. The molecule has 0 N–H and O–H groups in total. The molecule has 1 aliphatic rings. The number of halogens is 1. The predicted octanol–water partition coefficient (Wildman–Crippen LogP) is 3.66. The number of rotatable bonds is 1. The third kappa shape index (κ3) is 1.71. The molecule has 0 aromatic heterocycles. The zero-order valence-corrected chi connectivity index (χ0v) is 9.65. The number of hydrogen-bond donors (Lipinski definition) is 0. The lowest BCUT2D eigenvalue weighted by Gasteiger charge is -2.09. The van der Waals surface area contributed by atoms with Crippen LogP contribution in [0.4, 0.5) is 0 Å². The molecule has 0 aliphatic carbocycles. The molecule has 1 aliphatic heterocycles. The molecule has 0 radical (unpaired) electrons. The lowest BCUT2D eigenvalue weighted by atomic mass is 10.0. The summed E-state index contributed by atoms with van der Waals surface area (Å²) in [5, 5.41) is 0.650. The van der Waals surface area contributed by atoms with Crippen LogP contribution in [0.25, 0.3) is 0 Å². The first kappa shape index (κ1) is 10.4. The second kappa shape index (κ2) is 3.90. The summed E-state index contributed by atoms with van der Waals surface area (Å²) >= 11 is 5.82. The van der Waals surface area contributed by atoms with Crippen molar-refractivity contribution in [2.45, 2.75) is 6.10 Å². The molecule has 0 saturated heterocycles. The molecule has 2 nitrogen and oxygen atoms in total. The molecule has 84 valence electrons. The van der Waals surface area contributed by atoms with E-state index in [4.69, 9.17) is 16.3 Å². The monoisotopic (exact) mass is 244 g/mol. The largest absolute Gasteiger partial charge is 0.477 e. The van der Waals surface area contributed by atoms with E-state index in [9.17, 15) is 4.79 Å². The van der Waals surface area contributed by atoms with Gasteiger partial charge in [-0.2, -0.15) is 0 Å². The summed E-state index contributed by atoms with van der Waals surface area (Å²) in [7, 11) is 0. The van der Waals surface area contributed by atoms with Gasteiger partial charge in [-0.25, -0.2) is 0 Å². The molecule has 2 aromatic carbocycles. The number of carbonyl (C=O) groups is 1. The number of hydrogen-bond acceptors (Lipinski definition) is 2. The van der Waals surface area contributed by atoms with Gasteiger partial charge in [0.15, 0.2) is 6.10 Å². The van der Waals surface area contributed by atoms with Crippen molar-refractivity contribution in [3.63, 3.8) is 0 Å². The van der Waals surface area contributed by atoms with Crippen LogP contribution in [0.15, 0.2) is 48.5 Å². The predicted molar refractivity (Wildman–Crippen MR) is 65.6 cm³/mol. The minimum atomic E-state index is -0.537. The molecule has 17 heavy (non-hydrogen) atoms. The van der Waals surface area contributed by atoms with Crippen molar-refractivity contribution < 1.29 is 9.53 Å². The van der Waals surface area contributed by atoms with Crippen LogP contribution in [-0.4, -0.2) is 5.78 Å². The highest BCUT2D eigenvalue weighted by molar-refractivity contribution is 6.30. The maximum absolute atomic E-state index is 12.1. The lowest BCUT2D eigenvalue weighted by Crippen LogP contribution is -2.10. The SMILES string of the molecule is O=C1c2ccccc2OC1c1ccc(Cl)cc1. The molecule has 3 heteroatoms. The standard InChI is InChI=1S/C14H9ClO2/c15-10-7-5-9(6-8-10)14-13(16)11-3-1-2-4-12(11)17-14/h1-8,14H. The van der Waals surface area contributed by atoms with Gasteiger partial charge < -0.3 is 4.74 Å². The topological polar surface area (TPSA) is 26.3 Å². The molecule has 0 amide bonds. The van der Waals surface area contributed by atoms with Crippen LogP contribution in [0.2, 0.25) is 5.02 Å². The van der Waals surface area contributed by atoms with E-state index in [1.807, 2.05) is 30.3 Å². The maximum atomic E-state index is 12.1. The zero-order valence-electron chi connectivity index (χ0n) is 8.89. The molecular weight excluding hydrogens is 236 g/mol. The summed E-state index contributed by atoms with van der Waals surface area (Å²) in [5.41, 5.74) is 1.48. The Labute approximate surface area is 104 Å². The van der Waals surface area contributed by atoms with Gasteiger partial charge in [-0.05, 0) is 24.3 Å². The van der Waals surface area contributed by atoms with Gasteiger partial charge in [0.2, 0.25) is 5.78 Å². The number of Topliss-reactive ketones (excluding diaryl/α,β-unsaturated/α-hetero) is 1. The Balaban J connectivity index is 1.99. The van der Waals surface area contributed by atoms with E-state index in [0.717, 1.165) is 5.56 Å². The first-order chi connectivity index (χ1) is 8.25. The van der Waals surface area contributed by atoms with Gasteiger partial charge >= 0.3 is 0 Å². The third-order valence-corrected chi connectivity index (χ3v) is 3.06. The molecule has 1 atom stereocenters. The third-order valence-electron chi connectivity index (χ3n) is 2.81. The van der Waals surface area contributed by atoms with Crippen molar-refractivity contribution in [2.24, 2.45) is 0 Å². The summed E-state index contributed by atoms with van der Waals surface area (Å²) in [6.07, 6.45) is -0.537. The van der Waals surface area contributed by atoms with Gasteiger partial charge in [-0.3, -0.25) is 4.79 Å². The fourth-order valence-corrected chi connectivity index (χ4v) is 2.08. The maximum Gasteiger partial charge on any atom is 0.211 e. The highest BCUT2D eigenvalue weighted by Crippen LogP contribution is 2.36. The second-order valence-corrected chi connectivity index (χ2v) is 4.35. The van der Waals surface area contributed by atoms with Crippen molar-refractivity contribution in [1.29, 1.82) is 0 Å². The fourth-order valence-electron chi connectivity index (χ4n) is 1.95. The number of carbonyl (C=O) groups excluding carboxylic acids is 1. The molecule has 2 aromatic rings. The van der Waals surface area contributed by atoms with Crippen LogP contribution in [-0.2, 0) is 0 Å². The Hall–Kier alpha value is -1.80. The van der Waals surface area contributed by atoms with Crippen molar-refractivity contribution in [1.82, 2.24) is 0 Å². The normalized spacial score (nSPS) is 17.7. The van der Waals surface area contributed by atoms with Crippen LogP contribution in [0.3, 0.4) is 0 Å². The van der Waals surface area contributed by atoms with Crippen molar-refractivity contribution in [3.05, 3.63) is 64.7 Å². The molecular formula is C14H9ClO2. The van der Waals surface area contributed by atoms with Gasteiger partial charge in [0.05, 0.1) is 5.56 Å². The highest BCUT2D eigenvalue weighted by Gasteiger charge is 2.32. The minimum absolute atomic E-state index is 0.00271. The smallest absolute Gasteiger partial charge is 0.211 e. The van der Waals surface area contributed by atoms with Crippen molar-refractivity contribution >= 4 is 17.4 Å². The van der Waals surface area contributed by atoms with Crippen LogP contribution in [0.1, 0.15) is 22.0 Å². The van der Waals surface area contributed by atoms with E-state index in [2.05, 4.69) is 0 Å². The first-order valence-corrected chi connectivity index (χ1v) is 5.69. The lowest BCUT2D eigenvalue weighted by molar-refractivity contribution is 0.0858. The molecule has 3 rings (SSSR count). The van der Waals surface area contributed by atoms with E-state index >= 15 is 0 Å². The number of ether oxygens (including phenoxy) is 1. The number of benzene rings is 2. The summed E-state index contributed by atoms with van der Waals surface area (Å²) in [6.45, 7) is 0. The molecule has 0 fully saturated rings. The summed E-state index contributed by atoms with van der Waals surface area (Å²) in [4.78, 5) is 12.1. The molecule has 1 unspecified atom stereocenters. The Morgan fingerprint density at radius 2 is 1.71 bits per heavy atom. The van der Waals surface area contributed by atoms with E-state index in [1.165, 1.54) is 0 Å². The average Bonchev–Trinajstić information content (AvgIpc) is 2.69. The van der Waals surface area contributed by atoms with Crippen molar-refractivity contribution in [2.75, 3.05) is 0 Å². The Bertz CT molecular complexity index is 575. The number of para-hydroxylation sites is 1. The van der Waals surface area contributed by atoms with Gasteiger partial charge in [0.1, 0.15) is 5.75 Å². The van der Waals surface area contributed by atoms with Crippen LogP contribution < -0.4 is 4.74 Å². The molecule has 0 saturated carbocycles. The van der Waals surface area contributed by atoms with Crippen LogP contribution in [0.5, 0.6) is 5.75 Å². The quantitative estimate of drug-likeness (QED) is 0.765. The van der Waals surface area contributed by atoms with Gasteiger partial charge in [0.25, 0.3) is 0 Å². The van der Waals surface area contributed by atoms with E-state index < -0.39 is 6.10 Å². The van der Waals surface area contributed by atoms with Gasteiger partial charge in [-0.1, -0.05) is 35.9 Å². The zero-order chi connectivity index (χ0) is 11.8. The minimum Gasteiger partial charge on any atom is -0.477 e. The summed E-state index contributed by atoms with van der Waals surface area (Å²) in [5.74, 6) is 0.653. The van der Waals surface area contributed by atoms with E-state index in [1.54, 1.807) is 18.2 Å². The van der Waals surface area contributed by atoms with Gasteiger partial charge in [-0.15, -0.1) is 0 Å².